The summed E-state index contributed by atoms with van der Waals surface area (Å²) in [5.41, 5.74) is -0.152. The molecule has 1 aliphatic carbocycles. The van der Waals surface area contributed by atoms with E-state index >= 15 is 0 Å². The van der Waals surface area contributed by atoms with Crippen molar-refractivity contribution in [2.45, 2.75) is 67.8 Å². The quantitative estimate of drug-likeness (QED) is 0.639. The third kappa shape index (κ3) is 4.27. The van der Waals surface area contributed by atoms with Gasteiger partial charge < -0.3 is 19.5 Å². The molecule has 1 aromatic carbocycles. The highest BCUT2D eigenvalue weighted by molar-refractivity contribution is 7.89. The summed E-state index contributed by atoms with van der Waals surface area (Å²) in [6.07, 6.45) is 4.18. The molecule has 30 heavy (non-hydrogen) atoms. The Bertz CT molecular complexity index is 862. The van der Waals surface area contributed by atoms with Crippen LogP contribution in [0.15, 0.2) is 29.2 Å². The van der Waals surface area contributed by atoms with E-state index in [-0.39, 0.29) is 35.6 Å². The number of rotatable bonds is 8. The van der Waals surface area contributed by atoms with Crippen LogP contribution >= 0.6 is 0 Å². The first-order valence-corrected chi connectivity index (χ1v) is 12.2. The molecular formula is C21H30N2O6S. The van der Waals surface area contributed by atoms with Gasteiger partial charge in [-0.2, -0.15) is 0 Å². The Hall–Kier alpha value is -1.52. The maximum absolute atomic E-state index is 12.9. The van der Waals surface area contributed by atoms with E-state index in [9.17, 15) is 13.2 Å². The van der Waals surface area contributed by atoms with Crippen LogP contribution in [0.1, 0.15) is 49.4 Å². The summed E-state index contributed by atoms with van der Waals surface area (Å²) in [4.78, 5) is 12.9. The van der Waals surface area contributed by atoms with E-state index in [1.807, 2.05) is 6.92 Å². The van der Waals surface area contributed by atoms with E-state index in [2.05, 4.69) is 10.0 Å². The van der Waals surface area contributed by atoms with Crippen LogP contribution in [0.4, 0.5) is 0 Å². The van der Waals surface area contributed by atoms with Crippen molar-refractivity contribution < 1.29 is 27.4 Å². The average Bonchev–Trinajstić information content (AvgIpc) is 3.45. The van der Waals surface area contributed by atoms with Crippen LogP contribution in [0.2, 0.25) is 0 Å². The Morgan fingerprint density at radius 2 is 2.17 bits per heavy atom. The van der Waals surface area contributed by atoms with Crippen molar-refractivity contribution in [1.29, 1.82) is 0 Å². The molecule has 1 amide bonds. The molecule has 2 aliphatic heterocycles. The zero-order valence-electron chi connectivity index (χ0n) is 17.3. The minimum Gasteiger partial charge on any atom is -0.377 e. The van der Waals surface area contributed by atoms with E-state index in [4.69, 9.17) is 14.2 Å². The van der Waals surface area contributed by atoms with Crippen LogP contribution in [-0.2, 0) is 24.2 Å². The fraction of sp³-hybridized carbons (Fsp3) is 0.667. The second-order valence-corrected chi connectivity index (χ2v) is 9.89. The van der Waals surface area contributed by atoms with Crippen molar-refractivity contribution >= 4 is 15.9 Å². The topological polar surface area (TPSA) is 103 Å². The minimum absolute atomic E-state index is 0.0102. The monoisotopic (exact) mass is 438 g/mol. The zero-order chi connectivity index (χ0) is 21.2. The third-order valence-electron chi connectivity index (χ3n) is 6.27. The van der Waals surface area contributed by atoms with E-state index < -0.39 is 15.6 Å². The molecule has 1 spiro atoms. The molecule has 9 heteroatoms. The predicted molar refractivity (Wildman–Crippen MR) is 110 cm³/mol. The van der Waals surface area contributed by atoms with Crippen molar-refractivity contribution in [2.75, 3.05) is 26.4 Å². The Morgan fingerprint density at radius 1 is 1.30 bits per heavy atom. The summed E-state index contributed by atoms with van der Waals surface area (Å²) >= 11 is 0. The molecule has 4 atom stereocenters. The lowest BCUT2D eigenvalue weighted by Gasteiger charge is -2.52. The summed E-state index contributed by atoms with van der Waals surface area (Å²) in [6, 6.07) is 5.97. The first-order chi connectivity index (χ1) is 14.4. The molecule has 166 valence electrons. The normalized spacial score (nSPS) is 31.0. The molecule has 3 aliphatic rings. The molecule has 1 aromatic rings. The van der Waals surface area contributed by atoms with Gasteiger partial charge in [0.05, 0.1) is 23.1 Å². The van der Waals surface area contributed by atoms with Crippen LogP contribution in [0.25, 0.3) is 0 Å². The van der Waals surface area contributed by atoms with Crippen LogP contribution in [0.3, 0.4) is 0 Å². The lowest BCUT2D eigenvalue weighted by molar-refractivity contribution is -0.194. The molecule has 4 rings (SSSR count). The van der Waals surface area contributed by atoms with E-state index in [0.29, 0.717) is 31.8 Å². The fourth-order valence-corrected chi connectivity index (χ4v) is 5.73. The lowest BCUT2D eigenvalue weighted by Crippen LogP contribution is -2.69. The first-order valence-electron chi connectivity index (χ1n) is 10.7. The summed E-state index contributed by atoms with van der Waals surface area (Å²) in [7, 11) is -3.72. The molecule has 3 fully saturated rings. The van der Waals surface area contributed by atoms with Gasteiger partial charge in [0.15, 0.2) is 0 Å². The Morgan fingerprint density at radius 3 is 2.87 bits per heavy atom. The SMILES string of the molecule is CCO[C@@H]1C[C@H](NC(=O)c2cccc(S(=O)(=O)NC[C@H]3CCCO3)c2)[C@@]12CCCO2. The molecule has 8 nitrogen and oxygen atoms in total. The minimum atomic E-state index is -3.72. The number of hydrogen-bond donors (Lipinski definition) is 2. The van der Waals surface area contributed by atoms with Gasteiger partial charge >= 0.3 is 0 Å². The van der Waals surface area contributed by atoms with Crippen molar-refractivity contribution in [3.63, 3.8) is 0 Å². The van der Waals surface area contributed by atoms with Gasteiger partial charge in [0, 0.05) is 31.9 Å². The number of ether oxygens (including phenoxy) is 3. The maximum atomic E-state index is 12.9. The highest BCUT2D eigenvalue weighted by atomic mass is 32.2. The molecule has 2 N–H and O–H groups in total. The third-order valence-corrected chi connectivity index (χ3v) is 7.69. The number of hydrogen-bond acceptors (Lipinski definition) is 6. The van der Waals surface area contributed by atoms with Gasteiger partial charge in [0.2, 0.25) is 10.0 Å². The number of nitrogens with one attached hydrogen (secondary N) is 2. The van der Waals surface area contributed by atoms with Crippen LogP contribution in [-0.4, -0.2) is 64.5 Å². The second kappa shape index (κ2) is 8.92. The molecule has 2 saturated heterocycles. The van der Waals surface area contributed by atoms with Gasteiger partial charge in [-0.05, 0) is 57.2 Å². The molecule has 0 unspecified atom stereocenters. The van der Waals surface area contributed by atoms with Crippen molar-refractivity contribution in [3.8, 4) is 0 Å². The Labute approximate surface area is 177 Å². The number of amides is 1. The first kappa shape index (κ1) is 21.7. The van der Waals surface area contributed by atoms with E-state index in [1.54, 1.807) is 12.1 Å². The Kier molecular flexibility index (Phi) is 6.45. The van der Waals surface area contributed by atoms with Crippen molar-refractivity contribution in [2.24, 2.45) is 0 Å². The van der Waals surface area contributed by atoms with Crippen LogP contribution in [0.5, 0.6) is 0 Å². The molecule has 1 saturated carbocycles. The lowest BCUT2D eigenvalue weighted by atomic mass is 9.70. The summed E-state index contributed by atoms with van der Waals surface area (Å²) in [6.45, 7) is 4.13. The fourth-order valence-electron chi connectivity index (χ4n) is 4.62. The van der Waals surface area contributed by atoms with E-state index in [0.717, 1.165) is 25.7 Å². The molecule has 0 bridgehead atoms. The highest BCUT2D eigenvalue weighted by Gasteiger charge is 2.59. The summed E-state index contributed by atoms with van der Waals surface area (Å²) in [5.74, 6) is -0.305. The van der Waals surface area contributed by atoms with Gasteiger partial charge in [-0.15, -0.1) is 0 Å². The molecular weight excluding hydrogens is 408 g/mol. The van der Waals surface area contributed by atoms with Gasteiger partial charge in [0.25, 0.3) is 5.91 Å². The van der Waals surface area contributed by atoms with Crippen molar-refractivity contribution in [3.05, 3.63) is 29.8 Å². The van der Waals surface area contributed by atoms with Crippen molar-refractivity contribution in [1.82, 2.24) is 10.0 Å². The number of carbonyl (C=O) groups is 1. The number of carbonyl (C=O) groups excluding carboxylic acids is 1. The van der Waals surface area contributed by atoms with Gasteiger partial charge in [0.1, 0.15) is 5.60 Å². The highest BCUT2D eigenvalue weighted by Crippen LogP contribution is 2.45. The smallest absolute Gasteiger partial charge is 0.251 e. The second-order valence-electron chi connectivity index (χ2n) is 8.13. The van der Waals surface area contributed by atoms with Gasteiger partial charge in [-0.25, -0.2) is 13.1 Å². The maximum Gasteiger partial charge on any atom is 0.251 e. The number of benzene rings is 1. The molecule has 0 radical (unpaired) electrons. The molecule has 0 aromatic heterocycles. The summed E-state index contributed by atoms with van der Waals surface area (Å²) < 4.78 is 45.1. The zero-order valence-corrected chi connectivity index (χ0v) is 18.1. The Balaban J connectivity index is 1.41. The molecule has 2 heterocycles. The van der Waals surface area contributed by atoms with Gasteiger partial charge in [-0.3, -0.25) is 4.79 Å². The predicted octanol–water partition coefficient (Wildman–Crippen LogP) is 1.60. The summed E-state index contributed by atoms with van der Waals surface area (Å²) in [5, 5.41) is 3.03. The average molecular weight is 439 g/mol. The van der Waals surface area contributed by atoms with Crippen LogP contribution in [0, 0.1) is 0 Å². The largest absolute Gasteiger partial charge is 0.377 e. The van der Waals surface area contributed by atoms with E-state index in [1.165, 1.54) is 12.1 Å². The standard InChI is InChI=1S/C21H30N2O6S/c1-2-27-19-13-18(21(19)9-5-11-29-21)23-20(24)15-6-3-8-17(12-15)30(25,26)22-14-16-7-4-10-28-16/h3,6,8,12,16,18-19,22H,2,4-5,7,9-11,13-14H2,1H3,(H,23,24)/t16-,18+,19-,21+/m1/s1. The number of sulfonamides is 1. The van der Waals surface area contributed by atoms with Crippen LogP contribution < -0.4 is 10.0 Å². The van der Waals surface area contributed by atoms with Gasteiger partial charge in [-0.1, -0.05) is 6.07 Å².